The number of nitrogens with one attached hydrogen (secondary N) is 1. The van der Waals surface area contributed by atoms with Gasteiger partial charge in [0.2, 0.25) is 0 Å². The highest BCUT2D eigenvalue weighted by Crippen LogP contribution is 2.33. The first kappa shape index (κ1) is 38.1. The number of halogens is 1. The summed E-state index contributed by atoms with van der Waals surface area (Å²) in [5, 5.41) is 13.1. The fraction of sp³-hybridized carbons (Fsp3) is 0.106. The van der Waals surface area contributed by atoms with Gasteiger partial charge in [-0.25, -0.2) is 13.2 Å². The second kappa shape index (κ2) is 17.1. The first-order valence-electron chi connectivity index (χ1n) is 18.3. The van der Waals surface area contributed by atoms with E-state index in [2.05, 4.69) is 23.5 Å². The molecule has 0 bridgehead atoms. The van der Waals surface area contributed by atoms with Crippen LogP contribution in [0.25, 0.3) is 27.8 Å². The Bertz CT molecular complexity index is 2500. The Kier molecular flexibility index (Phi) is 11.6. The zero-order valence-corrected chi connectivity index (χ0v) is 32.0. The van der Waals surface area contributed by atoms with E-state index in [1.807, 2.05) is 109 Å². The van der Waals surface area contributed by atoms with E-state index in [1.54, 1.807) is 24.3 Å². The summed E-state index contributed by atoms with van der Waals surface area (Å²) in [5.74, 6) is -2.01. The number of hydrogen-bond donors (Lipinski definition) is 2. The van der Waals surface area contributed by atoms with Gasteiger partial charge in [0.25, 0.3) is 15.9 Å². The monoisotopic (exact) mass is 778 g/mol. The zero-order valence-electron chi connectivity index (χ0n) is 30.4. The van der Waals surface area contributed by atoms with E-state index in [1.165, 1.54) is 22.5 Å². The summed E-state index contributed by atoms with van der Waals surface area (Å²) >= 11 is 6.44. The molecule has 0 fully saturated rings. The van der Waals surface area contributed by atoms with Gasteiger partial charge in [-0.1, -0.05) is 151 Å². The number of allylic oxidation sites excluding steroid dienone is 4. The first-order chi connectivity index (χ1) is 27.2. The third kappa shape index (κ3) is 8.84. The number of carbonyl (C=O) groups excluding carboxylic acids is 1. The quantitative estimate of drug-likeness (QED) is 0.122. The van der Waals surface area contributed by atoms with Crippen LogP contribution in [0.15, 0.2) is 175 Å². The van der Waals surface area contributed by atoms with Crippen LogP contribution >= 0.6 is 11.6 Å². The van der Waals surface area contributed by atoms with E-state index in [0.717, 1.165) is 51.8 Å². The minimum atomic E-state index is -4.30. The lowest BCUT2D eigenvalue weighted by atomic mass is 9.97. The lowest BCUT2D eigenvalue weighted by Crippen LogP contribution is -2.43. The fourth-order valence-corrected chi connectivity index (χ4v) is 8.36. The third-order valence-electron chi connectivity index (χ3n) is 9.73. The Morgan fingerprint density at radius 3 is 1.80 bits per heavy atom. The highest BCUT2D eigenvalue weighted by molar-refractivity contribution is 7.92. The van der Waals surface area contributed by atoms with Crippen molar-refractivity contribution in [3.63, 3.8) is 0 Å². The second-order valence-corrected chi connectivity index (χ2v) is 15.8. The molecule has 0 saturated carbocycles. The van der Waals surface area contributed by atoms with Gasteiger partial charge in [0.1, 0.15) is 6.04 Å². The van der Waals surface area contributed by atoms with Gasteiger partial charge in [0.15, 0.2) is 0 Å². The van der Waals surface area contributed by atoms with Crippen LogP contribution in [0.2, 0.25) is 5.02 Å². The van der Waals surface area contributed by atoms with Crippen LogP contribution in [0.4, 0.5) is 5.69 Å². The lowest BCUT2D eigenvalue weighted by molar-refractivity contribution is -0.139. The molecule has 9 heteroatoms. The molecule has 7 rings (SSSR count). The van der Waals surface area contributed by atoms with Gasteiger partial charge in [-0.3, -0.25) is 9.10 Å². The summed E-state index contributed by atoms with van der Waals surface area (Å²) in [6, 6.07) is 44.2. The topological polar surface area (TPSA) is 104 Å². The number of anilines is 1. The van der Waals surface area contributed by atoms with E-state index < -0.39 is 27.9 Å². The van der Waals surface area contributed by atoms with Gasteiger partial charge in [0, 0.05) is 11.4 Å². The van der Waals surface area contributed by atoms with Crippen LogP contribution in [0.1, 0.15) is 39.9 Å². The number of rotatable bonds is 13. The van der Waals surface area contributed by atoms with Crippen molar-refractivity contribution in [3.05, 3.63) is 197 Å². The molecule has 280 valence electrons. The highest BCUT2D eigenvalue weighted by atomic mass is 35.5. The summed E-state index contributed by atoms with van der Waals surface area (Å²) in [4.78, 5) is 26.7. The van der Waals surface area contributed by atoms with Gasteiger partial charge in [-0.05, 0) is 87.7 Å². The molecule has 0 radical (unpaired) electrons. The van der Waals surface area contributed by atoms with Crippen molar-refractivity contribution in [3.8, 4) is 22.3 Å². The lowest BCUT2D eigenvalue weighted by Gasteiger charge is -2.27. The first-order valence-corrected chi connectivity index (χ1v) is 20.1. The van der Waals surface area contributed by atoms with Crippen LogP contribution < -0.4 is 9.62 Å². The Balaban J connectivity index is 1.21. The number of sulfonamides is 1. The van der Waals surface area contributed by atoms with E-state index in [0.29, 0.717) is 5.56 Å². The van der Waals surface area contributed by atoms with Gasteiger partial charge < -0.3 is 10.4 Å². The molecule has 0 aromatic heterocycles. The van der Waals surface area contributed by atoms with E-state index >= 15 is 0 Å². The molecule has 1 unspecified atom stereocenters. The predicted octanol–water partition coefficient (Wildman–Crippen LogP) is 10.2. The van der Waals surface area contributed by atoms with Crippen LogP contribution in [0, 0.1) is 0 Å². The minimum Gasteiger partial charge on any atom is -0.480 e. The molecule has 1 amide bonds. The molecular weight excluding hydrogens is 740 g/mol. The SMILES string of the molecule is O=C(NC(Cc1ccc(C2=CCCC=C2)cc1)C(=O)O)c1cc(Cl)ccc1N(Cc1ccc(-c2ccccc2)cc1)S(=O)(=O)c1ccc(-c2ccccc2)cc1. The van der Waals surface area contributed by atoms with Crippen LogP contribution in [-0.4, -0.2) is 31.4 Å². The number of aliphatic carboxylic acids is 1. The molecule has 0 spiro atoms. The molecule has 0 aliphatic heterocycles. The Hall–Kier alpha value is -6.22. The summed E-state index contributed by atoms with van der Waals surface area (Å²) in [5.41, 5.74) is 7.24. The number of carbonyl (C=O) groups is 2. The molecule has 2 N–H and O–H groups in total. The Labute approximate surface area is 332 Å². The fourth-order valence-electron chi connectivity index (χ4n) is 6.72. The van der Waals surface area contributed by atoms with E-state index in [-0.39, 0.29) is 34.1 Å². The van der Waals surface area contributed by atoms with Gasteiger partial charge in [0.05, 0.1) is 22.7 Å². The van der Waals surface area contributed by atoms with Crippen LogP contribution in [0.3, 0.4) is 0 Å². The van der Waals surface area contributed by atoms with E-state index in [9.17, 15) is 23.1 Å². The second-order valence-electron chi connectivity index (χ2n) is 13.5. The zero-order chi connectivity index (χ0) is 39.1. The molecule has 7 nitrogen and oxygen atoms in total. The van der Waals surface area contributed by atoms with Crippen molar-refractivity contribution in [2.24, 2.45) is 0 Å². The Morgan fingerprint density at radius 1 is 0.679 bits per heavy atom. The van der Waals surface area contributed by atoms with Crippen molar-refractivity contribution >= 4 is 44.8 Å². The molecule has 56 heavy (non-hydrogen) atoms. The summed E-state index contributed by atoms with van der Waals surface area (Å²) in [7, 11) is -4.30. The maximum absolute atomic E-state index is 14.7. The standard InChI is InChI=1S/C47H39ClN2O5S/c48-41-26-29-45(43(31-41)46(51)49-44(47(52)53)30-33-16-20-38(21-17-33)35-10-4-1-5-11-35)50(32-34-18-22-39(23-19-34)36-12-6-2-7-13-36)56(54,55)42-27-24-40(25-28-42)37-14-8-3-9-15-37/h2-4,6-29,31,44H,1,5,30,32H2,(H,49,51)(H,52,53). The highest BCUT2D eigenvalue weighted by Gasteiger charge is 2.31. The summed E-state index contributed by atoms with van der Waals surface area (Å²) in [6.07, 6.45) is 8.34. The molecule has 6 aromatic carbocycles. The minimum absolute atomic E-state index is 0.00960. The molecule has 1 aliphatic rings. The number of carboxylic acid groups (broad SMARTS) is 1. The average molecular weight is 779 g/mol. The molecule has 0 saturated heterocycles. The number of benzene rings is 6. The van der Waals surface area contributed by atoms with Crippen molar-refractivity contribution in [2.45, 2.75) is 36.7 Å². The number of carboxylic acids is 1. The number of amides is 1. The number of nitrogens with zero attached hydrogens (tertiary/aromatic N) is 1. The van der Waals surface area contributed by atoms with Gasteiger partial charge >= 0.3 is 5.97 Å². The number of hydrogen-bond acceptors (Lipinski definition) is 4. The van der Waals surface area contributed by atoms with Crippen molar-refractivity contribution < 1.29 is 23.1 Å². The smallest absolute Gasteiger partial charge is 0.326 e. The van der Waals surface area contributed by atoms with Crippen LogP contribution in [0.5, 0.6) is 0 Å². The van der Waals surface area contributed by atoms with Crippen molar-refractivity contribution in [2.75, 3.05) is 4.31 Å². The maximum atomic E-state index is 14.7. The Morgan fingerprint density at radius 2 is 1.23 bits per heavy atom. The van der Waals surface area contributed by atoms with Crippen molar-refractivity contribution in [1.82, 2.24) is 5.32 Å². The average Bonchev–Trinajstić information content (AvgIpc) is 3.24. The third-order valence-corrected chi connectivity index (χ3v) is 11.7. The predicted molar refractivity (Wildman–Crippen MR) is 224 cm³/mol. The van der Waals surface area contributed by atoms with E-state index in [4.69, 9.17) is 11.6 Å². The van der Waals surface area contributed by atoms with Crippen LogP contribution in [-0.2, 0) is 27.8 Å². The normalized spacial score (nSPS) is 13.1. The summed E-state index contributed by atoms with van der Waals surface area (Å²) in [6.45, 7) is -0.125. The summed E-state index contributed by atoms with van der Waals surface area (Å²) < 4.78 is 30.6. The maximum Gasteiger partial charge on any atom is 0.326 e. The van der Waals surface area contributed by atoms with Gasteiger partial charge in [-0.15, -0.1) is 0 Å². The molecule has 0 heterocycles. The largest absolute Gasteiger partial charge is 0.480 e. The molecule has 1 atom stereocenters. The molecular formula is C47H39ClN2O5S. The van der Waals surface area contributed by atoms with Crippen molar-refractivity contribution in [1.29, 1.82) is 0 Å². The molecule has 6 aromatic rings. The molecule has 1 aliphatic carbocycles. The van der Waals surface area contributed by atoms with Gasteiger partial charge in [-0.2, -0.15) is 0 Å².